The summed E-state index contributed by atoms with van der Waals surface area (Å²) in [6.07, 6.45) is 0.557. The number of nitro benzene ring substituents is 1. The van der Waals surface area contributed by atoms with E-state index in [1.807, 2.05) is 6.92 Å². The fraction of sp³-hybridized carbons (Fsp3) is 0.333. The van der Waals surface area contributed by atoms with Crippen molar-refractivity contribution in [2.45, 2.75) is 19.4 Å². The second kappa shape index (κ2) is 5.53. The summed E-state index contributed by atoms with van der Waals surface area (Å²) in [5.74, 6) is -0.316. The van der Waals surface area contributed by atoms with Crippen LogP contribution in [0.3, 0.4) is 0 Å². The molecule has 1 aromatic carbocycles. The summed E-state index contributed by atoms with van der Waals surface area (Å²) in [5.41, 5.74) is 6.04. The molecule has 1 atom stereocenters. The maximum atomic E-state index is 10.5. The van der Waals surface area contributed by atoms with E-state index in [1.54, 1.807) is 6.07 Å². The van der Waals surface area contributed by atoms with E-state index in [0.717, 1.165) is 5.56 Å². The third-order valence-electron chi connectivity index (χ3n) is 1.79. The number of phenolic OH excluding ortho intramolecular Hbond substituents is 1. The third kappa shape index (κ3) is 3.73. The van der Waals surface area contributed by atoms with E-state index in [4.69, 9.17) is 10.8 Å². The molecule has 6 heteroatoms. The van der Waals surface area contributed by atoms with Gasteiger partial charge in [-0.15, -0.1) is 12.4 Å². The van der Waals surface area contributed by atoms with Gasteiger partial charge in [0.2, 0.25) is 0 Å². The van der Waals surface area contributed by atoms with E-state index < -0.39 is 4.92 Å². The summed E-state index contributed by atoms with van der Waals surface area (Å²) in [5, 5.41) is 19.6. The summed E-state index contributed by atoms with van der Waals surface area (Å²) >= 11 is 0. The van der Waals surface area contributed by atoms with Crippen molar-refractivity contribution in [3.63, 3.8) is 0 Å². The van der Waals surface area contributed by atoms with Gasteiger partial charge in [-0.25, -0.2) is 0 Å². The van der Waals surface area contributed by atoms with Crippen LogP contribution in [-0.2, 0) is 6.42 Å². The molecule has 0 spiro atoms. The Morgan fingerprint density at radius 2 is 2.20 bits per heavy atom. The molecule has 0 heterocycles. The van der Waals surface area contributed by atoms with Crippen LogP contribution in [0, 0.1) is 10.1 Å². The Morgan fingerprint density at radius 3 is 2.67 bits per heavy atom. The number of hydrogen-bond acceptors (Lipinski definition) is 4. The summed E-state index contributed by atoms with van der Waals surface area (Å²) in [6, 6.07) is 4.24. The number of phenols is 1. The maximum absolute atomic E-state index is 10.5. The van der Waals surface area contributed by atoms with Gasteiger partial charge in [-0.2, -0.15) is 0 Å². The summed E-state index contributed by atoms with van der Waals surface area (Å²) in [6.45, 7) is 1.82. The molecule has 1 aromatic rings. The third-order valence-corrected chi connectivity index (χ3v) is 1.79. The SMILES string of the molecule is CC(N)Cc1ccc(O)c([N+](=O)[O-])c1.Cl. The van der Waals surface area contributed by atoms with Crippen molar-refractivity contribution in [3.8, 4) is 5.75 Å². The molecule has 84 valence electrons. The van der Waals surface area contributed by atoms with Crippen LogP contribution in [0.1, 0.15) is 12.5 Å². The zero-order valence-corrected chi connectivity index (χ0v) is 9.03. The number of nitrogens with zero attached hydrogens (tertiary/aromatic N) is 1. The highest BCUT2D eigenvalue weighted by Gasteiger charge is 2.13. The molecule has 3 N–H and O–H groups in total. The quantitative estimate of drug-likeness (QED) is 0.612. The van der Waals surface area contributed by atoms with Crippen molar-refractivity contribution in [1.82, 2.24) is 0 Å². The summed E-state index contributed by atoms with van der Waals surface area (Å²) in [7, 11) is 0. The molecule has 0 saturated carbocycles. The van der Waals surface area contributed by atoms with E-state index in [9.17, 15) is 10.1 Å². The standard InChI is InChI=1S/C9H12N2O3.ClH/c1-6(10)4-7-2-3-9(12)8(5-7)11(13)14;/h2-3,5-6,12H,4,10H2,1H3;1H. The minimum atomic E-state index is -0.611. The van der Waals surface area contributed by atoms with Crippen LogP contribution in [0.25, 0.3) is 0 Å². The van der Waals surface area contributed by atoms with Gasteiger partial charge in [0, 0.05) is 12.1 Å². The smallest absolute Gasteiger partial charge is 0.310 e. The molecular formula is C9H13ClN2O3. The lowest BCUT2D eigenvalue weighted by atomic mass is 10.1. The van der Waals surface area contributed by atoms with E-state index in [0.29, 0.717) is 6.42 Å². The van der Waals surface area contributed by atoms with Crippen molar-refractivity contribution in [3.05, 3.63) is 33.9 Å². The Bertz CT molecular complexity index is 355. The van der Waals surface area contributed by atoms with Crippen LogP contribution in [0.2, 0.25) is 0 Å². The van der Waals surface area contributed by atoms with Gasteiger partial charge in [0.1, 0.15) is 0 Å². The van der Waals surface area contributed by atoms with Crippen LogP contribution in [0.4, 0.5) is 5.69 Å². The van der Waals surface area contributed by atoms with E-state index in [2.05, 4.69) is 0 Å². The second-order valence-corrected chi connectivity index (χ2v) is 3.26. The number of benzene rings is 1. The highest BCUT2D eigenvalue weighted by molar-refractivity contribution is 5.85. The molecule has 0 bridgehead atoms. The van der Waals surface area contributed by atoms with Gasteiger partial charge in [0.05, 0.1) is 4.92 Å². The minimum Gasteiger partial charge on any atom is -0.502 e. The second-order valence-electron chi connectivity index (χ2n) is 3.26. The van der Waals surface area contributed by atoms with E-state index >= 15 is 0 Å². The molecule has 1 rings (SSSR count). The Balaban J connectivity index is 0.00000196. The molecular weight excluding hydrogens is 220 g/mol. The van der Waals surface area contributed by atoms with E-state index in [1.165, 1.54) is 12.1 Å². The molecule has 5 nitrogen and oxygen atoms in total. The lowest BCUT2D eigenvalue weighted by Gasteiger charge is -2.05. The van der Waals surface area contributed by atoms with Crippen molar-refractivity contribution in [1.29, 1.82) is 0 Å². The lowest BCUT2D eigenvalue weighted by Crippen LogP contribution is -2.17. The Morgan fingerprint density at radius 1 is 1.60 bits per heavy atom. The normalized spacial score (nSPS) is 11.6. The maximum Gasteiger partial charge on any atom is 0.310 e. The molecule has 0 radical (unpaired) electrons. The predicted octanol–water partition coefficient (Wildman–Crippen LogP) is 1.61. The molecule has 0 aliphatic rings. The number of nitro groups is 1. The number of nitrogens with two attached hydrogens (primary N) is 1. The molecule has 1 unspecified atom stereocenters. The number of hydrogen-bond donors (Lipinski definition) is 2. The molecule has 15 heavy (non-hydrogen) atoms. The average molecular weight is 233 g/mol. The van der Waals surface area contributed by atoms with Gasteiger partial charge in [0.15, 0.2) is 5.75 Å². The highest BCUT2D eigenvalue weighted by atomic mass is 35.5. The van der Waals surface area contributed by atoms with Crippen molar-refractivity contribution < 1.29 is 10.0 Å². The molecule has 0 saturated heterocycles. The van der Waals surface area contributed by atoms with Crippen LogP contribution in [0.5, 0.6) is 5.75 Å². The Labute approximate surface area is 93.5 Å². The van der Waals surface area contributed by atoms with Crippen LogP contribution < -0.4 is 5.73 Å². The summed E-state index contributed by atoms with van der Waals surface area (Å²) < 4.78 is 0. The molecule has 0 aliphatic carbocycles. The first kappa shape index (κ1) is 13.7. The van der Waals surface area contributed by atoms with Crippen LogP contribution in [0.15, 0.2) is 18.2 Å². The van der Waals surface area contributed by atoms with Gasteiger partial charge < -0.3 is 10.8 Å². The zero-order chi connectivity index (χ0) is 10.7. The summed E-state index contributed by atoms with van der Waals surface area (Å²) in [4.78, 5) is 9.86. The first-order valence-corrected chi connectivity index (χ1v) is 4.22. The van der Waals surface area contributed by atoms with Gasteiger partial charge >= 0.3 is 5.69 Å². The molecule has 0 aliphatic heterocycles. The Hall–Kier alpha value is -1.33. The van der Waals surface area contributed by atoms with Crippen molar-refractivity contribution >= 4 is 18.1 Å². The topological polar surface area (TPSA) is 89.4 Å². The van der Waals surface area contributed by atoms with Gasteiger partial charge in [-0.05, 0) is 25.0 Å². The van der Waals surface area contributed by atoms with Crippen LogP contribution in [-0.4, -0.2) is 16.1 Å². The Kier molecular flexibility index (Phi) is 5.04. The highest BCUT2D eigenvalue weighted by Crippen LogP contribution is 2.26. The van der Waals surface area contributed by atoms with E-state index in [-0.39, 0.29) is 29.9 Å². The van der Waals surface area contributed by atoms with Crippen molar-refractivity contribution in [2.75, 3.05) is 0 Å². The molecule has 0 fully saturated rings. The lowest BCUT2D eigenvalue weighted by molar-refractivity contribution is -0.385. The largest absolute Gasteiger partial charge is 0.502 e. The fourth-order valence-electron chi connectivity index (χ4n) is 1.21. The number of rotatable bonds is 3. The predicted molar refractivity (Wildman–Crippen MR) is 59.4 cm³/mol. The monoisotopic (exact) mass is 232 g/mol. The fourth-order valence-corrected chi connectivity index (χ4v) is 1.21. The minimum absolute atomic E-state index is 0. The number of aromatic hydroxyl groups is 1. The molecule has 0 aromatic heterocycles. The van der Waals surface area contributed by atoms with Gasteiger partial charge in [0.25, 0.3) is 0 Å². The molecule has 0 amide bonds. The van der Waals surface area contributed by atoms with Crippen LogP contribution >= 0.6 is 12.4 Å². The van der Waals surface area contributed by atoms with Gasteiger partial charge in [-0.1, -0.05) is 6.07 Å². The number of halogens is 1. The first-order valence-electron chi connectivity index (χ1n) is 4.22. The first-order chi connectivity index (χ1) is 6.50. The van der Waals surface area contributed by atoms with Gasteiger partial charge in [-0.3, -0.25) is 10.1 Å². The van der Waals surface area contributed by atoms with Crippen molar-refractivity contribution in [2.24, 2.45) is 5.73 Å². The average Bonchev–Trinajstić information content (AvgIpc) is 2.07. The zero-order valence-electron chi connectivity index (χ0n) is 8.21.